The van der Waals surface area contributed by atoms with E-state index in [2.05, 4.69) is 31.1 Å². The molecule has 2 aliphatic carbocycles. The number of amides is 1. The molecule has 2 saturated carbocycles. The molecule has 0 aromatic carbocycles. The van der Waals surface area contributed by atoms with Crippen LogP contribution in [0.25, 0.3) is 0 Å². The lowest BCUT2D eigenvalue weighted by atomic mass is 10.0. The van der Waals surface area contributed by atoms with Gasteiger partial charge in [0.15, 0.2) is 0 Å². The van der Waals surface area contributed by atoms with Crippen LogP contribution in [0.1, 0.15) is 39.5 Å². The predicted octanol–water partition coefficient (Wildman–Crippen LogP) is 1.88. The zero-order valence-electron chi connectivity index (χ0n) is 11.4. The van der Waals surface area contributed by atoms with Gasteiger partial charge in [-0.05, 0) is 65.0 Å². The quantitative estimate of drug-likeness (QED) is 0.717. The summed E-state index contributed by atoms with van der Waals surface area (Å²) in [4.78, 5) is 14.2. The van der Waals surface area contributed by atoms with E-state index < -0.39 is 0 Å². The van der Waals surface area contributed by atoms with Gasteiger partial charge in [-0.25, -0.2) is 0 Å². The Hall–Kier alpha value is -0.570. The number of nitrogens with zero attached hydrogens (tertiary/aromatic N) is 1. The van der Waals surface area contributed by atoms with E-state index in [1.165, 1.54) is 6.42 Å². The van der Waals surface area contributed by atoms with Gasteiger partial charge in [-0.1, -0.05) is 0 Å². The molecule has 98 valence electrons. The van der Waals surface area contributed by atoms with E-state index in [1.807, 2.05) is 0 Å². The standard InChI is InChI=1S/C14H26N2O/c1-10(2)16(3)6-4-5-15-14(17)13-8-11-7-12(11)9-13/h10-13H,4-9H2,1-3H3,(H,15,17). The Morgan fingerprint density at radius 2 is 1.94 bits per heavy atom. The summed E-state index contributed by atoms with van der Waals surface area (Å²) in [7, 11) is 2.14. The van der Waals surface area contributed by atoms with Crippen molar-refractivity contribution in [2.24, 2.45) is 17.8 Å². The van der Waals surface area contributed by atoms with Crippen molar-refractivity contribution in [1.29, 1.82) is 0 Å². The first-order valence-corrected chi connectivity index (χ1v) is 7.06. The molecule has 2 aliphatic rings. The fourth-order valence-electron chi connectivity index (χ4n) is 2.87. The van der Waals surface area contributed by atoms with E-state index in [1.54, 1.807) is 0 Å². The van der Waals surface area contributed by atoms with Gasteiger partial charge in [0.05, 0.1) is 0 Å². The van der Waals surface area contributed by atoms with Crippen molar-refractivity contribution in [2.75, 3.05) is 20.1 Å². The number of nitrogens with one attached hydrogen (secondary N) is 1. The van der Waals surface area contributed by atoms with Gasteiger partial charge >= 0.3 is 0 Å². The number of rotatable bonds is 6. The fraction of sp³-hybridized carbons (Fsp3) is 0.929. The van der Waals surface area contributed by atoms with Crippen LogP contribution in [0.5, 0.6) is 0 Å². The lowest BCUT2D eigenvalue weighted by molar-refractivity contribution is -0.125. The largest absolute Gasteiger partial charge is 0.356 e. The van der Waals surface area contributed by atoms with E-state index in [9.17, 15) is 4.79 Å². The highest BCUT2D eigenvalue weighted by atomic mass is 16.1. The summed E-state index contributed by atoms with van der Waals surface area (Å²) >= 11 is 0. The van der Waals surface area contributed by atoms with Gasteiger partial charge in [0.2, 0.25) is 5.91 Å². The van der Waals surface area contributed by atoms with Crippen LogP contribution in [0.15, 0.2) is 0 Å². The van der Waals surface area contributed by atoms with Gasteiger partial charge in [0, 0.05) is 18.5 Å². The van der Waals surface area contributed by atoms with E-state index in [0.29, 0.717) is 17.9 Å². The Morgan fingerprint density at radius 3 is 2.53 bits per heavy atom. The molecule has 1 N–H and O–H groups in total. The van der Waals surface area contributed by atoms with Crippen LogP contribution >= 0.6 is 0 Å². The van der Waals surface area contributed by atoms with Crippen molar-refractivity contribution < 1.29 is 4.79 Å². The molecule has 0 aromatic rings. The molecule has 2 fully saturated rings. The summed E-state index contributed by atoms with van der Waals surface area (Å²) in [5, 5.41) is 3.09. The van der Waals surface area contributed by atoms with Crippen molar-refractivity contribution in [2.45, 2.75) is 45.6 Å². The third kappa shape index (κ3) is 3.44. The van der Waals surface area contributed by atoms with Crippen molar-refractivity contribution in [3.05, 3.63) is 0 Å². The molecule has 2 rings (SSSR count). The predicted molar refractivity (Wildman–Crippen MR) is 69.7 cm³/mol. The molecule has 0 saturated heterocycles. The highest BCUT2D eigenvalue weighted by Gasteiger charge is 2.47. The molecule has 2 atom stereocenters. The molecule has 0 aromatic heterocycles. The van der Waals surface area contributed by atoms with Gasteiger partial charge in [0.1, 0.15) is 0 Å². The number of fused-ring (bicyclic) bond motifs is 1. The second kappa shape index (κ2) is 5.38. The SMILES string of the molecule is CC(C)N(C)CCCNC(=O)C1CC2CC2C1. The van der Waals surface area contributed by atoms with Gasteiger partial charge in [-0.2, -0.15) is 0 Å². The maximum atomic E-state index is 11.9. The average molecular weight is 238 g/mol. The Bertz CT molecular complexity index is 267. The Morgan fingerprint density at radius 1 is 1.29 bits per heavy atom. The minimum absolute atomic E-state index is 0.310. The van der Waals surface area contributed by atoms with Crippen molar-refractivity contribution in [1.82, 2.24) is 10.2 Å². The van der Waals surface area contributed by atoms with Crippen LogP contribution in [0.2, 0.25) is 0 Å². The number of hydrogen-bond donors (Lipinski definition) is 1. The molecule has 2 unspecified atom stereocenters. The Balaban J connectivity index is 1.54. The molecule has 3 nitrogen and oxygen atoms in total. The second-order valence-electron chi connectivity index (χ2n) is 6.14. The summed E-state index contributed by atoms with van der Waals surface area (Å²) in [6.45, 7) is 6.29. The summed E-state index contributed by atoms with van der Waals surface area (Å²) in [5.74, 6) is 2.45. The van der Waals surface area contributed by atoms with Crippen molar-refractivity contribution in [3.8, 4) is 0 Å². The third-order valence-electron chi connectivity index (χ3n) is 4.48. The topological polar surface area (TPSA) is 32.3 Å². The molecule has 17 heavy (non-hydrogen) atoms. The van der Waals surface area contributed by atoms with E-state index >= 15 is 0 Å². The smallest absolute Gasteiger partial charge is 0.223 e. The molecule has 0 aliphatic heterocycles. The Kier molecular flexibility index (Phi) is 4.08. The maximum Gasteiger partial charge on any atom is 0.223 e. The lowest BCUT2D eigenvalue weighted by Gasteiger charge is -2.21. The normalized spacial score (nSPS) is 30.8. The molecule has 0 bridgehead atoms. The van der Waals surface area contributed by atoms with E-state index in [4.69, 9.17) is 0 Å². The molecule has 0 radical (unpaired) electrons. The first kappa shape index (κ1) is 12.9. The minimum atomic E-state index is 0.310. The van der Waals surface area contributed by atoms with Crippen LogP contribution in [0, 0.1) is 17.8 Å². The third-order valence-corrected chi connectivity index (χ3v) is 4.48. The van der Waals surface area contributed by atoms with Crippen LogP contribution in [0.4, 0.5) is 0 Å². The van der Waals surface area contributed by atoms with Crippen molar-refractivity contribution in [3.63, 3.8) is 0 Å². The van der Waals surface area contributed by atoms with Crippen LogP contribution in [-0.2, 0) is 4.79 Å². The summed E-state index contributed by atoms with van der Waals surface area (Å²) in [6, 6.07) is 0.590. The highest BCUT2D eigenvalue weighted by molar-refractivity contribution is 5.79. The first-order chi connectivity index (χ1) is 8.08. The zero-order chi connectivity index (χ0) is 12.4. The van der Waals surface area contributed by atoms with Crippen LogP contribution in [0.3, 0.4) is 0 Å². The summed E-state index contributed by atoms with van der Waals surface area (Å²) in [6.07, 6.45) is 4.76. The maximum absolute atomic E-state index is 11.9. The van der Waals surface area contributed by atoms with Crippen LogP contribution in [-0.4, -0.2) is 37.0 Å². The van der Waals surface area contributed by atoms with Crippen molar-refractivity contribution >= 4 is 5.91 Å². The molecule has 0 spiro atoms. The monoisotopic (exact) mass is 238 g/mol. The molecular weight excluding hydrogens is 212 g/mol. The Labute approximate surface area is 105 Å². The molecular formula is C14H26N2O. The zero-order valence-corrected chi connectivity index (χ0v) is 11.4. The van der Waals surface area contributed by atoms with Gasteiger partial charge in [0.25, 0.3) is 0 Å². The van der Waals surface area contributed by atoms with E-state index in [0.717, 1.165) is 44.2 Å². The fourth-order valence-corrected chi connectivity index (χ4v) is 2.87. The second-order valence-corrected chi connectivity index (χ2v) is 6.14. The van der Waals surface area contributed by atoms with E-state index in [-0.39, 0.29) is 0 Å². The average Bonchev–Trinajstić information content (AvgIpc) is 2.90. The highest BCUT2D eigenvalue weighted by Crippen LogP contribution is 2.54. The molecule has 0 heterocycles. The van der Waals surface area contributed by atoms with Gasteiger partial charge in [-0.3, -0.25) is 4.79 Å². The number of carbonyl (C=O) groups is 1. The lowest BCUT2D eigenvalue weighted by Crippen LogP contribution is -2.34. The summed E-state index contributed by atoms with van der Waals surface area (Å²) < 4.78 is 0. The molecule has 1 amide bonds. The number of hydrogen-bond acceptors (Lipinski definition) is 2. The summed E-state index contributed by atoms with van der Waals surface area (Å²) in [5.41, 5.74) is 0. The van der Waals surface area contributed by atoms with Gasteiger partial charge < -0.3 is 10.2 Å². The minimum Gasteiger partial charge on any atom is -0.356 e. The molecule has 3 heteroatoms. The van der Waals surface area contributed by atoms with Crippen LogP contribution < -0.4 is 5.32 Å². The van der Waals surface area contributed by atoms with Gasteiger partial charge in [-0.15, -0.1) is 0 Å². The number of carbonyl (C=O) groups excluding carboxylic acids is 1. The first-order valence-electron chi connectivity index (χ1n) is 7.06.